The van der Waals surface area contributed by atoms with Gasteiger partial charge in [0.05, 0.1) is 18.1 Å². The van der Waals surface area contributed by atoms with Crippen LogP contribution >= 0.6 is 0 Å². The molecule has 1 saturated carbocycles. The predicted molar refractivity (Wildman–Crippen MR) is 87.6 cm³/mol. The van der Waals surface area contributed by atoms with Crippen molar-refractivity contribution in [3.05, 3.63) is 0 Å². The summed E-state index contributed by atoms with van der Waals surface area (Å²) in [5.74, 6) is -0.251. The molecule has 2 aliphatic heterocycles. The molecule has 3 atom stereocenters. The van der Waals surface area contributed by atoms with Crippen LogP contribution < -0.4 is 0 Å². The maximum absolute atomic E-state index is 12.9. The van der Waals surface area contributed by atoms with Gasteiger partial charge < -0.3 is 10.0 Å². The third-order valence-corrected chi connectivity index (χ3v) is 6.82. The molecule has 3 fully saturated rings. The molecule has 0 aromatic carbocycles. The maximum Gasteiger partial charge on any atom is 0.235 e. The Kier molecular flexibility index (Phi) is 4.30. The van der Waals surface area contributed by atoms with Crippen LogP contribution in [0.2, 0.25) is 0 Å². The summed E-state index contributed by atoms with van der Waals surface area (Å²) >= 11 is 0. The van der Waals surface area contributed by atoms with Gasteiger partial charge in [-0.2, -0.15) is 0 Å². The molecule has 2 amide bonds. The van der Waals surface area contributed by atoms with Crippen LogP contribution in [-0.4, -0.2) is 59.0 Å². The van der Waals surface area contributed by atoms with Crippen molar-refractivity contribution in [2.45, 2.75) is 59.0 Å². The second-order valence-electron chi connectivity index (χ2n) is 8.41. The van der Waals surface area contributed by atoms with Gasteiger partial charge in [0, 0.05) is 12.5 Å². The standard InChI is InChI=1S/C18H30N2O3/c1-17(2)14-7-8-18(17,3)16(23)20(15(14)22)12-13(21)11-19-9-5-4-6-10-19/h13-14,21H,4-12H2,1-3H3/t13-,14-,18+/m0/s1. The summed E-state index contributed by atoms with van der Waals surface area (Å²) in [6.07, 6.45) is 4.50. The van der Waals surface area contributed by atoms with E-state index in [4.69, 9.17) is 0 Å². The molecule has 0 radical (unpaired) electrons. The molecule has 2 heterocycles. The van der Waals surface area contributed by atoms with Crippen LogP contribution in [0.15, 0.2) is 0 Å². The summed E-state index contributed by atoms with van der Waals surface area (Å²) < 4.78 is 0. The van der Waals surface area contributed by atoms with Gasteiger partial charge in [-0.1, -0.05) is 27.2 Å². The number of hydrogen-bond acceptors (Lipinski definition) is 4. The first-order valence-corrected chi connectivity index (χ1v) is 9.03. The van der Waals surface area contributed by atoms with E-state index in [0.29, 0.717) is 6.54 Å². The molecule has 1 aliphatic carbocycles. The molecular formula is C18H30N2O3. The van der Waals surface area contributed by atoms with Gasteiger partial charge in [-0.3, -0.25) is 14.5 Å². The summed E-state index contributed by atoms with van der Waals surface area (Å²) in [5, 5.41) is 10.4. The number of aliphatic hydroxyl groups excluding tert-OH is 1. The fraction of sp³-hybridized carbons (Fsp3) is 0.889. The van der Waals surface area contributed by atoms with Crippen LogP contribution in [0.1, 0.15) is 52.9 Å². The minimum absolute atomic E-state index is 0.0762. The van der Waals surface area contributed by atoms with E-state index in [9.17, 15) is 14.7 Å². The summed E-state index contributed by atoms with van der Waals surface area (Å²) in [6.45, 7) is 8.80. The van der Waals surface area contributed by atoms with Gasteiger partial charge >= 0.3 is 0 Å². The van der Waals surface area contributed by atoms with Crippen molar-refractivity contribution in [3.63, 3.8) is 0 Å². The van der Waals surface area contributed by atoms with Crippen molar-refractivity contribution in [1.82, 2.24) is 9.80 Å². The molecule has 2 saturated heterocycles. The lowest BCUT2D eigenvalue weighted by molar-refractivity contribution is -0.169. The lowest BCUT2D eigenvalue weighted by atomic mass is 9.62. The van der Waals surface area contributed by atoms with Crippen molar-refractivity contribution in [2.75, 3.05) is 26.2 Å². The lowest BCUT2D eigenvalue weighted by Gasteiger charge is -2.48. The molecule has 0 unspecified atom stereocenters. The van der Waals surface area contributed by atoms with E-state index < -0.39 is 11.5 Å². The topological polar surface area (TPSA) is 60.9 Å². The maximum atomic E-state index is 12.9. The average molecular weight is 322 g/mol. The molecule has 1 N–H and O–H groups in total. The second kappa shape index (κ2) is 5.85. The van der Waals surface area contributed by atoms with Gasteiger partial charge in [0.25, 0.3) is 0 Å². The number of hydrogen-bond donors (Lipinski definition) is 1. The van der Waals surface area contributed by atoms with E-state index in [1.165, 1.54) is 24.2 Å². The number of β-amino-alcohol motifs (C(OH)–C–C–N with tert-alkyl or cyclic N) is 1. The highest BCUT2D eigenvalue weighted by molar-refractivity contribution is 6.03. The molecule has 3 aliphatic rings. The summed E-state index contributed by atoms with van der Waals surface area (Å²) in [4.78, 5) is 29.3. The SMILES string of the molecule is CC1(C)[C@H]2CC[C@]1(C)C(=O)N(C[C@@H](O)CN1CCCCC1)C2=O. The first-order valence-electron chi connectivity index (χ1n) is 9.03. The van der Waals surface area contributed by atoms with Crippen LogP contribution in [0.4, 0.5) is 0 Å². The largest absolute Gasteiger partial charge is 0.390 e. The molecule has 23 heavy (non-hydrogen) atoms. The zero-order valence-electron chi connectivity index (χ0n) is 14.7. The Labute approximate surface area is 139 Å². The fourth-order valence-corrected chi connectivity index (χ4v) is 4.78. The number of likely N-dealkylation sites (tertiary alicyclic amines) is 2. The minimum atomic E-state index is -0.648. The third kappa shape index (κ3) is 2.62. The Morgan fingerprint density at radius 2 is 1.78 bits per heavy atom. The Morgan fingerprint density at radius 3 is 2.43 bits per heavy atom. The van der Waals surface area contributed by atoms with E-state index >= 15 is 0 Å². The van der Waals surface area contributed by atoms with E-state index in [-0.39, 0.29) is 29.7 Å². The van der Waals surface area contributed by atoms with E-state index in [1.807, 2.05) is 20.8 Å². The van der Waals surface area contributed by atoms with Crippen molar-refractivity contribution >= 4 is 11.8 Å². The molecule has 3 rings (SSSR count). The molecule has 0 aromatic rings. The molecule has 2 bridgehead atoms. The van der Waals surface area contributed by atoms with Gasteiger partial charge in [0.2, 0.25) is 11.8 Å². The van der Waals surface area contributed by atoms with Gasteiger partial charge in [-0.15, -0.1) is 0 Å². The second-order valence-corrected chi connectivity index (χ2v) is 8.41. The number of piperidine rings is 2. The summed E-state index contributed by atoms with van der Waals surface area (Å²) in [5.41, 5.74) is -0.758. The predicted octanol–water partition coefficient (Wildman–Crippen LogP) is 1.64. The molecule has 5 nitrogen and oxygen atoms in total. The van der Waals surface area contributed by atoms with Gasteiger partial charge in [-0.25, -0.2) is 0 Å². The monoisotopic (exact) mass is 322 g/mol. The van der Waals surface area contributed by atoms with Crippen molar-refractivity contribution < 1.29 is 14.7 Å². The van der Waals surface area contributed by atoms with Crippen LogP contribution in [0.5, 0.6) is 0 Å². The zero-order chi connectivity index (χ0) is 16.8. The minimum Gasteiger partial charge on any atom is -0.390 e. The Morgan fingerprint density at radius 1 is 1.13 bits per heavy atom. The summed E-state index contributed by atoms with van der Waals surface area (Å²) in [6, 6.07) is 0. The summed E-state index contributed by atoms with van der Waals surface area (Å²) in [7, 11) is 0. The molecule has 0 spiro atoms. The molecule has 0 aromatic heterocycles. The van der Waals surface area contributed by atoms with Crippen molar-refractivity contribution in [1.29, 1.82) is 0 Å². The lowest BCUT2D eigenvalue weighted by Crippen LogP contribution is -2.60. The first-order chi connectivity index (χ1) is 10.8. The number of fused-ring (bicyclic) bond motifs is 2. The van der Waals surface area contributed by atoms with Crippen molar-refractivity contribution in [2.24, 2.45) is 16.7 Å². The van der Waals surface area contributed by atoms with Crippen LogP contribution in [-0.2, 0) is 9.59 Å². The Hall–Kier alpha value is -0.940. The van der Waals surface area contributed by atoms with Crippen LogP contribution in [0.25, 0.3) is 0 Å². The number of aliphatic hydroxyl groups is 1. The Bertz CT molecular complexity index is 498. The van der Waals surface area contributed by atoms with Gasteiger partial charge in [0.15, 0.2) is 0 Å². The van der Waals surface area contributed by atoms with Crippen molar-refractivity contribution in [3.8, 4) is 0 Å². The van der Waals surface area contributed by atoms with Gasteiger partial charge in [-0.05, 0) is 44.2 Å². The highest BCUT2D eigenvalue weighted by atomic mass is 16.3. The number of carbonyl (C=O) groups is 2. The number of nitrogens with zero attached hydrogens (tertiary/aromatic N) is 2. The van der Waals surface area contributed by atoms with E-state index in [0.717, 1.165) is 25.9 Å². The highest BCUT2D eigenvalue weighted by Gasteiger charge is 2.64. The molecule has 5 heteroatoms. The Balaban J connectivity index is 1.68. The number of rotatable bonds is 4. The molecular weight excluding hydrogens is 292 g/mol. The average Bonchev–Trinajstić information content (AvgIpc) is 2.70. The van der Waals surface area contributed by atoms with Crippen LogP contribution in [0.3, 0.4) is 0 Å². The number of carbonyl (C=O) groups excluding carboxylic acids is 2. The number of amides is 2. The normalized spacial score (nSPS) is 35.7. The van der Waals surface area contributed by atoms with Crippen LogP contribution in [0, 0.1) is 16.7 Å². The smallest absolute Gasteiger partial charge is 0.235 e. The number of imide groups is 1. The quantitative estimate of drug-likeness (QED) is 0.800. The van der Waals surface area contributed by atoms with E-state index in [1.54, 1.807) is 0 Å². The highest BCUT2D eigenvalue weighted by Crippen LogP contribution is 2.59. The fourth-order valence-electron chi connectivity index (χ4n) is 4.78. The van der Waals surface area contributed by atoms with E-state index in [2.05, 4.69) is 4.90 Å². The van der Waals surface area contributed by atoms with Gasteiger partial charge in [0.1, 0.15) is 0 Å². The first kappa shape index (κ1) is 16.9. The molecule has 130 valence electrons. The third-order valence-electron chi connectivity index (χ3n) is 6.82. The zero-order valence-corrected chi connectivity index (χ0v) is 14.7.